The van der Waals surface area contributed by atoms with E-state index in [0.29, 0.717) is 25.2 Å². The Labute approximate surface area is 105 Å². The average Bonchev–Trinajstić information content (AvgIpc) is 2.38. The van der Waals surface area contributed by atoms with E-state index in [-0.39, 0.29) is 5.84 Å². The van der Waals surface area contributed by atoms with E-state index in [1.165, 1.54) is 0 Å². The van der Waals surface area contributed by atoms with Crippen molar-refractivity contribution in [3.05, 3.63) is 35.4 Å². The van der Waals surface area contributed by atoms with Crippen molar-refractivity contribution in [2.24, 2.45) is 16.6 Å². The Morgan fingerprint density at radius 2 is 1.89 bits per heavy atom. The summed E-state index contributed by atoms with van der Waals surface area (Å²) in [4.78, 5) is 10.4. The monoisotopic (exact) mass is 251 g/mol. The zero-order valence-corrected chi connectivity index (χ0v) is 9.89. The summed E-state index contributed by atoms with van der Waals surface area (Å²) in [5.41, 5.74) is 12.1. The molecule has 0 saturated heterocycles. The molecular formula is C11H17N5O2. The lowest BCUT2D eigenvalue weighted by molar-refractivity contribution is 0.249. The third-order valence-electron chi connectivity index (χ3n) is 2.29. The van der Waals surface area contributed by atoms with E-state index in [4.69, 9.17) is 16.7 Å². The summed E-state index contributed by atoms with van der Waals surface area (Å²) in [7, 11) is 0. The van der Waals surface area contributed by atoms with Gasteiger partial charge in [0, 0.05) is 25.2 Å². The number of rotatable bonds is 6. The number of primary amides is 1. The van der Waals surface area contributed by atoms with Crippen LogP contribution in [0.3, 0.4) is 0 Å². The molecule has 1 aromatic carbocycles. The molecule has 7 nitrogen and oxygen atoms in total. The summed E-state index contributed by atoms with van der Waals surface area (Å²) in [5, 5.41) is 17.0. The van der Waals surface area contributed by atoms with Crippen LogP contribution in [-0.4, -0.2) is 30.2 Å². The number of amides is 2. The Morgan fingerprint density at radius 3 is 2.44 bits per heavy atom. The minimum Gasteiger partial charge on any atom is -0.409 e. The van der Waals surface area contributed by atoms with Crippen LogP contribution in [0.5, 0.6) is 0 Å². The van der Waals surface area contributed by atoms with Crippen LogP contribution in [0.15, 0.2) is 29.4 Å². The third-order valence-corrected chi connectivity index (χ3v) is 2.29. The fraction of sp³-hybridized carbons (Fsp3) is 0.273. The van der Waals surface area contributed by atoms with Gasteiger partial charge in [0.05, 0.1) is 0 Å². The van der Waals surface area contributed by atoms with E-state index in [0.717, 1.165) is 5.56 Å². The molecule has 2 amide bonds. The molecule has 0 radical (unpaired) electrons. The first-order valence-electron chi connectivity index (χ1n) is 5.44. The van der Waals surface area contributed by atoms with Gasteiger partial charge in [0.2, 0.25) is 0 Å². The van der Waals surface area contributed by atoms with Crippen molar-refractivity contribution in [1.29, 1.82) is 0 Å². The van der Waals surface area contributed by atoms with Gasteiger partial charge in [0.15, 0.2) is 5.84 Å². The second kappa shape index (κ2) is 7.13. The first-order valence-corrected chi connectivity index (χ1v) is 5.44. The zero-order chi connectivity index (χ0) is 13.4. The minimum atomic E-state index is -0.528. The van der Waals surface area contributed by atoms with Crippen molar-refractivity contribution < 1.29 is 10.0 Å². The molecule has 0 spiro atoms. The molecule has 0 aliphatic heterocycles. The van der Waals surface area contributed by atoms with Gasteiger partial charge in [0.25, 0.3) is 0 Å². The Hall–Kier alpha value is -2.28. The standard InChI is InChI=1S/C11H17N5O2/c12-10(16-18)9-3-1-8(2-4-9)7-14-5-6-15-11(13)17/h1-4,14,18H,5-7H2,(H2,12,16)(H3,13,15,17). The van der Waals surface area contributed by atoms with Crippen LogP contribution in [0.2, 0.25) is 0 Å². The SMILES string of the molecule is NC(=O)NCCNCc1ccc(/C(N)=N/O)cc1. The van der Waals surface area contributed by atoms with E-state index in [1.807, 2.05) is 12.1 Å². The van der Waals surface area contributed by atoms with Gasteiger partial charge in [-0.25, -0.2) is 4.79 Å². The molecule has 98 valence electrons. The molecule has 0 bridgehead atoms. The van der Waals surface area contributed by atoms with Gasteiger partial charge in [-0.05, 0) is 5.56 Å². The summed E-state index contributed by atoms with van der Waals surface area (Å²) >= 11 is 0. The number of benzene rings is 1. The molecule has 0 aromatic heterocycles. The molecule has 0 saturated carbocycles. The summed E-state index contributed by atoms with van der Waals surface area (Å²) in [6.45, 7) is 1.78. The van der Waals surface area contributed by atoms with E-state index >= 15 is 0 Å². The first-order chi connectivity index (χ1) is 8.63. The number of hydrogen-bond donors (Lipinski definition) is 5. The van der Waals surface area contributed by atoms with E-state index < -0.39 is 6.03 Å². The predicted molar refractivity (Wildman–Crippen MR) is 68.2 cm³/mol. The number of carbonyl (C=O) groups is 1. The molecule has 0 atom stereocenters. The van der Waals surface area contributed by atoms with Crippen molar-refractivity contribution in [1.82, 2.24) is 10.6 Å². The molecule has 1 aromatic rings. The van der Waals surface area contributed by atoms with Crippen LogP contribution in [0.4, 0.5) is 4.79 Å². The van der Waals surface area contributed by atoms with Gasteiger partial charge in [0.1, 0.15) is 0 Å². The number of nitrogens with zero attached hydrogens (tertiary/aromatic N) is 1. The van der Waals surface area contributed by atoms with Crippen molar-refractivity contribution >= 4 is 11.9 Å². The van der Waals surface area contributed by atoms with Crippen molar-refractivity contribution in [2.45, 2.75) is 6.54 Å². The molecule has 1 rings (SSSR count). The molecule has 0 aliphatic carbocycles. The molecule has 0 heterocycles. The van der Waals surface area contributed by atoms with Crippen LogP contribution < -0.4 is 22.1 Å². The molecule has 7 heteroatoms. The van der Waals surface area contributed by atoms with Crippen LogP contribution >= 0.6 is 0 Å². The summed E-state index contributed by atoms with van der Waals surface area (Å²) in [6.07, 6.45) is 0. The van der Waals surface area contributed by atoms with Gasteiger partial charge >= 0.3 is 6.03 Å². The lowest BCUT2D eigenvalue weighted by Crippen LogP contribution is -2.35. The third kappa shape index (κ3) is 4.71. The number of nitrogens with two attached hydrogens (primary N) is 2. The van der Waals surface area contributed by atoms with E-state index in [1.54, 1.807) is 12.1 Å². The summed E-state index contributed by atoms with van der Waals surface area (Å²) < 4.78 is 0. The van der Waals surface area contributed by atoms with Gasteiger partial charge in [-0.15, -0.1) is 0 Å². The van der Waals surface area contributed by atoms with E-state index in [2.05, 4.69) is 15.8 Å². The fourth-order valence-corrected chi connectivity index (χ4v) is 1.36. The molecular weight excluding hydrogens is 234 g/mol. The largest absolute Gasteiger partial charge is 0.409 e. The lowest BCUT2D eigenvalue weighted by atomic mass is 10.1. The summed E-state index contributed by atoms with van der Waals surface area (Å²) in [6, 6.07) is 6.77. The second-order valence-corrected chi connectivity index (χ2v) is 3.65. The van der Waals surface area contributed by atoms with Crippen LogP contribution in [0, 0.1) is 0 Å². The van der Waals surface area contributed by atoms with Gasteiger partial charge in [-0.1, -0.05) is 29.4 Å². The zero-order valence-electron chi connectivity index (χ0n) is 9.89. The van der Waals surface area contributed by atoms with Crippen molar-refractivity contribution in [3.63, 3.8) is 0 Å². The fourth-order valence-electron chi connectivity index (χ4n) is 1.36. The number of nitrogens with one attached hydrogen (secondary N) is 2. The van der Waals surface area contributed by atoms with Crippen LogP contribution in [0.25, 0.3) is 0 Å². The Kier molecular flexibility index (Phi) is 5.46. The number of urea groups is 1. The van der Waals surface area contributed by atoms with Crippen LogP contribution in [-0.2, 0) is 6.54 Å². The van der Waals surface area contributed by atoms with Gasteiger partial charge < -0.3 is 27.3 Å². The minimum absolute atomic E-state index is 0.0835. The number of amidine groups is 1. The maximum Gasteiger partial charge on any atom is 0.312 e. The Balaban J connectivity index is 2.33. The Bertz CT molecular complexity index is 416. The second-order valence-electron chi connectivity index (χ2n) is 3.65. The first kappa shape index (κ1) is 13.8. The highest BCUT2D eigenvalue weighted by molar-refractivity contribution is 5.96. The topological polar surface area (TPSA) is 126 Å². The van der Waals surface area contributed by atoms with Crippen LogP contribution in [0.1, 0.15) is 11.1 Å². The molecule has 0 unspecified atom stereocenters. The highest BCUT2D eigenvalue weighted by atomic mass is 16.4. The number of hydrogen-bond acceptors (Lipinski definition) is 4. The molecule has 0 fully saturated rings. The number of oxime groups is 1. The van der Waals surface area contributed by atoms with E-state index in [9.17, 15) is 4.79 Å². The highest BCUT2D eigenvalue weighted by Gasteiger charge is 1.99. The van der Waals surface area contributed by atoms with Gasteiger partial charge in [-0.3, -0.25) is 0 Å². The highest BCUT2D eigenvalue weighted by Crippen LogP contribution is 2.03. The maximum absolute atomic E-state index is 10.4. The smallest absolute Gasteiger partial charge is 0.312 e. The summed E-state index contributed by atoms with van der Waals surface area (Å²) in [5.74, 6) is 0.0835. The van der Waals surface area contributed by atoms with Gasteiger partial charge in [-0.2, -0.15) is 0 Å². The molecule has 0 aliphatic rings. The molecule has 18 heavy (non-hydrogen) atoms. The quantitative estimate of drug-likeness (QED) is 0.154. The average molecular weight is 251 g/mol. The maximum atomic E-state index is 10.4. The predicted octanol–water partition coefficient (Wildman–Crippen LogP) is -0.461. The Morgan fingerprint density at radius 1 is 1.22 bits per heavy atom. The normalized spacial score (nSPS) is 11.2. The van der Waals surface area contributed by atoms with Crippen molar-refractivity contribution in [2.75, 3.05) is 13.1 Å². The number of carbonyl (C=O) groups excluding carboxylic acids is 1. The molecule has 7 N–H and O–H groups in total. The van der Waals surface area contributed by atoms with Crippen molar-refractivity contribution in [3.8, 4) is 0 Å². The lowest BCUT2D eigenvalue weighted by Gasteiger charge is -2.06.